The van der Waals surface area contributed by atoms with Crippen molar-refractivity contribution in [3.05, 3.63) is 11.4 Å². The molecule has 3 rings (SSSR count). The molecule has 1 aromatic rings. The van der Waals surface area contributed by atoms with E-state index in [4.69, 9.17) is 0 Å². The van der Waals surface area contributed by atoms with Crippen LogP contribution in [-0.2, 0) is 16.6 Å². The van der Waals surface area contributed by atoms with Crippen molar-refractivity contribution in [3.8, 4) is 0 Å². The second-order valence-electron chi connectivity index (χ2n) is 6.54. The van der Waals surface area contributed by atoms with Crippen molar-refractivity contribution in [3.63, 3.8) is 0 Å². The number of aromatic nitrogens is 2. The summed E-state index contributed by atoms with van der Waals surface area (Å²) in [5.74, 6) is 0.412. The Morgan fingerprint density at radius 1 is 1.38 bits per heavy atom. The van der Waals surface area contributed by atoms with Crippen LogP contribution >= 0.6 is 0 Å². The first kappa shape index (κ1) is 15.0. The Morgan fingerprint density at radius 2 is 2.10 bits per heavy atom. The molecule has 1 saturated heterocycles. The molecule has 1 aromatic heterocycles. The van der Waals surface area contributed by atoms with Crippen molar-refractivity contribution >= 4 is 10.0 Å². The van der Waals surface area contributed by atoms with E-state index in [9.17, 15) is 8.42 Å². The smallest absolute Gasteiger partial charge is 0.247 e. The number of aromatic amines is 1. The van der Waals surface area contributed by atoms with Crippen molar-refractivity contribution in [1.29, 1.82) is 0 Å². The van der Waals surface area contributed by atoms with Crippen LogP contribution in [0, 0.1) is 12.8 Å². The second kappa shape index (κ2) is 5.37. The maximum Gasteiger partial charge on any atom is 0.247 e. The third kappa shape index (κ3) is 2.86. The Kier molecular flexibility index (Phi) is 3.83. The number of hydrogen-bond donors (Lipinski definition) is 2. The zero-order valence-corrected chi connectivity index (χ0v) is 13.7. The van der Waals surface area contributed by atoms with E-state index in [1.54, 1.807) is 11.2 Å². The molecule has 2 heterocycles. The van der Waals surface area contributed by atoms with Crippen molar-refractivity contribution in [2.24, 2.45) is 5.92 Å². The Morgan fingerprint density at radius 3 is 2.67 bits per heavy atom. The summed E-state index contributed by atoms with van der Waals surface area (Å²) in [7, 11) is -3.47. The van der Waals surface area contributed by atoms with Crippen molar-refractivity contribution in [2.45, 2.75) is 63.6 Å². The second-order valence-corrected chi connectivity index (χ2v) is 8.37. The highest BCUT2D eigenvalue weighted by atomic mass is 32.2. The molecule has 118 valence electrons. The largest absolute Gasteiger partial charge is 0.308 e. The summed E-state index contributed by atoms with van der Waals surface area (Å²) >= 11 is 0. The van der Waals surface area contributed by atoms with Gasteiger partial charge in [-0.05, 0) is 39.0 Å². The number of aryl methyl sites for hydroxylation is 1. The van der Waals surface area contributed by atoms with E-state index in [0.717, 1.165) is 6.42 Å². The van der Waals surface area contributed by atoms with Gasteiger partial charge in [-0.1, -0.05) is 6.92 Å². The molecule has 1 aliphatic heterocycles. The number of H-pyrrole nitrogens is 1. The fourth-order valence-corrected chi connectivity index (χ4v) is 5.27. The molecular weight excluding hydrogens is 288 g/mol. The van der Waals surface area contributed by atoms with E-state index in [0.29, 0.717) is 41.3 Å². The van der Waals surface area contributed by atoms with Crippen LogP contribution in [0.5, 0.6) is 0 Å². The van der Waals surface area contributed by atoms with Gasteiger partial charge in [-0.3, -0.25) is 5.10 Å². The molecule has 7 heteroatoms. The topological polar surface area (TPSA) is 78.1 Å². The van der Waals surface area contributed by atoms with Crippen LogP contribution in [0.15, 0.2) is 4.90 Å². The number of hydrogen-bond acceptors (Lipinski definition) is 4. The molecule has 0 spiro atoms. The highest BCUT2D eigenvalue weighted by Gasteiger charge is 2.39. The summed E-state index contributed by atoms with van der Waals surface area (Å²) in [5, 5.41) is 10.4. The number of nitrogens with zero attached hydrogens (tertiary/aromatic N) is 2. The molecule has 1 saturated carbocycles. The molecule has 2 atom stereocenters. The van der Waals surface area contributed by atoms with Gasteiger partial charge in [0.1, 0.15) is 4.90 Å². The number of nitrogens with one attached hydrogen (secondary N) is 2. The first-order chi connectivity index (χ1) is 9.89. The van der Waals surface area contributed by atoms with Crippen molar-refractivity contribution in [2.75, 3.05) is 6.54 Å². The lowest BCUT2D eigenvalue weighted by atomic mass is 10.1. The summed E-state index contributed by atoms with van der Waals surface area (Å²) in [6.45, 7) is 6.98. The zero-order valence-electron chi connectivity index (χ0n) is 12.9. The Balaban J connectivity index is 1.88. The van der Waals surface area contributed by atoms with E-state index in [2.05, 4.69) is 22.4 Å². The third-order valence-corrected chi connectivity index (χ3v) is 6.57. The quantitative estimate of drug-likeness (QED) is 0.861. The fraction of sp³-hybridized carbons (Fsp3) is 0.786. The lowest BCUT2D eigenvalue weighted by Crippen LogP contribution is -2.35. The van der Waals surface area contributed by atoms with Crippen LogP contribution in [0.4, 0.5) is 0 Å². The van der Waals surface area contributed by atoms with Crippen molar-refractivity contribution < 1.29 is 8.42 Å². The molecule has 6 nitrogen and oxygen atoms in total. The molecular formula is C14H24N4O2S. The minimum Gasteiger partial charge on any atom is -0.308 e. The SMILES string of the molecule is Cc1[nH]nc(CNC2CC2)c1S(=O)(=O)N1CC(C)CC1C. The molecule has 2 N–H and O–H groups in total. The van der Waals surface area contributed by atoms with E-state index in [1.807, 2.05) is 6.92 Å². The molecule has 1 aliphatic carbocycles. The standard InChI is InChI=1S/C14H24N4O2S/c1-9-6-10(2)18(8-9)21(19,20)14-11(3)16-17-13(14)7-15-12-4-5-12/h9-10,12,15H,4-8H2,1-3H3,(H,16,17). The third-order valence-electron chi connectivity index (χ3n) is 4.39. The lowest BCUT2D eigenvalue weighted by molar-refractivity contribution is 0.404. The predicted molar refractivity (Wildman–Crippen MR) is 80.3 cm³/mol. The van der Waals surface area contributed by atoms with E-state index in [1.165, 1.54) is 12.8 Å². The van der Waals surface area contributed by atoms with Gasteiger partial charge < -0.3 is 5.32 Å². The molecule has 2 unspecified atom stereocenters. The molecule has 0 aromatic carbocycles. The van der Waals surface area contributed by atoms with Gasteiger partial charge >= 0.3 is 0 Å². The van der Waals surface area contributed by atoms with E-state index >= 15 is 0 Å². The molecule has 0 radical (unpaired) electrons. The molecule has 0 amide bonds. The highest BCUT2D eigenvalue weighted by Crippen LogP contribution is 2.31. The normalized spacial score (nSPS) is 27.4. The lowest BCUT2D eigenvalue weighted by Gasteiger charge is -2.21. The highest BCUT2D eigenvalue weighted by molar-refractivity contribution is 7.89. The summed E-state index contributed by atoms with van der Waals surface area (Å²) in [6.07, 6.45) is 3.27. The maximum atomic E-state index is 13.0. The minimum atomic E-state index is -3.47. The molecule has 2 aliphatic rings. The van der Waals surface area contributed by atoms with Crippen LogP contribution in [0.2, 0.25) is 0 Å². The fourth-order valence-electron chi connectivity index (χ4n) is 3.17. The number of rotatable bonds is 5. The van der Waals surface area contributed by atoms with Crippen LogP contribution in [0.1, 0.15) is 44.5 Å². The van der Waals surface area contributed by atoms with Crippen LogP contribution < -0.4 is 5.32 Å². The van der Waals surface area contributed by atoms with Gasteiger partial charge in [0.25, 0.3) is 0 Å². The average Bonchev–Trinajstić information content (AvgIpc) is 3.06. The van der Waals surface area contributed by atoms with Gasteiger partial charge in [0.05, 0.1) is 11.4 Å². The van der Waals surface area contributed by atoms with Gasteiger partial charge in [0, 0.05) is 25.2 Å². The summed E-state index contributed by atoms with van der Waals surface area (Å²) in [5.41, 5.74) is 1.25. The minimum absolute atomic E-state index is 0.0588. The molecule has 0 bridgehead atoms. The van der Waals surface area contributed by atoms with E-state index < -0.39 is 10.0 Å². The van der Waals surface area contributed by atoms with E-state index in [-0.39, 0.29) is 6.04 Å². The monoisotopic (exact) mass is 312 g/mol. The summed E-state index contributed by atoms with van der Waals surface area (Å²) in [6, 6.07) is 0.590. The molecule has 21 heavy (non-hydrogen) atoms. The summed E-state index contributed by atoms with van der Waals surface area (Å²) in [4.78, 5) is 0.372. The maximum absolute atomic E-state index is 13.0. The predicted octanol–water partition coefficient (Wildman–Crippen LogP) is 1.39. The Labute approximate surface area is 126 Å². The first-order valence-corrected chi connectivity index (χ1v) is 9.12. The van der Waals surface area contributed by atoms with Gasteiger partial charge in [-0.2, -0.15) is 9.40 Å². The number of sulfonamides is 1. The van der Waals surface area contributed by atoms with Crippen LogP contribution in [-0.4, -0.2) is 41.5 Å². The molecule has 2 fully saturated rings. The zero-order chi connectivity index (χ0) is 15.2. The Hall–Kier alpha value is -0.920. The van der Waals surface area contributed by atoms with Gasteiger partial charge in [0.2, 0.25) is 10.0 Å². The van der Waals surface area contributed by atoms with Gasteiger partial charge in [-0.15, -0.1) is 0 Å². The van der Waals surface area contributed by atoms with Crippen LogP contribution in [0.3, 0.4) is 0 Å². The average molecular weight is 312 g/mol. The summed E-state index contributed by atoms with van der Waals surface area (Å²) < 4.78 is 27.6. The van der Waals surface area contributed by atoms with Gasteiger partial charge in [0.15, 0.2) is 0 Å². The van der Waals surface area contributed by atoms with Crippen molar-refractivity contribution in [1.82, 2.24) is 19.8 Å². The van der Waals surface area contributed by atoms with Crippen LogP contribution in [0.25, 0.3) is 0 Å². The van der Waals surface area contributed by atoms with Gasteiger partial charge in [-0.25, -0.2) is 8.42 Å². The first-order valence-electron chi connectivity index (χ1n) is 7.68. The Bertz CT molecular complexity index is 621.